The molecule has 24 heavy (non-hydrogen) atoms. The van der Waals surface area contributed by atoms with Crippen LogP contribution in [0.15, 0.2) is 53.3 Å². The number of sulfonamides is 1. The van der Waals surface area contributed by atoms with Gasteiger partial charge < -0.3 is 0 Å². The summed E-state index contributed by atoms with van der Waals surface area (Å²) in [6.45, 7) is 6.14. The second kappa shape index (κ2) is 6.20. The molecule has 2 aromatic rings. The zero-order valence-corrected chi connectivity index (χ0v) is 14.7. The molecule has 0 radical (unpaired) electrons. The SMILES string of the molecule is CC1=C(c2ccc(C)c(C)c2)S(=O)(=O)NC1=NCc1cccnc1. The van der Waals surface area contributed by atoms with Gasteiger partial charge in [0.2, 0.25) is 0 Å². The number of hydrogen-bond donors (Lipinski definition) is 1. The Morgan fingerprint density at radius 1 is 1.12 bits per heavy atom. The molecule has 3 rings (SSSR count). The molecule has 0 aliphatic carbocycles. The van der Waals surface area contributed by atoms with Crippen LogP contribution < -0.4 is 4.72 Å². The largest absolute Gasteiger partial charge is 0.264 e. The second-order valence-electron chi connectivity index (χ2n) is 5.88. The molecule has 0 fully saturated rings. The van der Waals surface area contributed by atoms with Crippen LogP contribution in [-0.4, -0.2) is 19.2 Å². The third-order valence-corrected chi connectivity index (χ3v) is 5.65. The van der Waals surface area contributed by atoms with E-state index in [0.29, 0.717) is 28.4 Å². The maximum Gasteiger partial charge on any atom is 0.264 e. The minimum absolute atomic E-state index is 0.301. The van der Waals surface area contributed by atoms with Crippen LogP contribution >= 0.6 is 0 Å². The van der Waals surface area contributed by atoms with E-state index in [1.54, 1.807) is 19.3 Å². The van der Waals surface area contributed by atoms with Crippen molar-refractivity contribution >= 4 is 20.8 Å². The van der Waals surface area contributed by atoms with Gasteiger partial charge in [0.05, 0.1) is 6.54 Å². The van der Waals surface area contributed by atoms with Gasteiger partial charge in [-0.15, -0.1) is 0 Å². The highest BCUT2D eigenvalue weighted by atomic mass is 32.2. The molecule has 0 unspecified atom stereocenters. The summed E-state index contributed by atoms with van der Waals surface area (Å²) in [5, 5.41) is 0. The van der Waals surface area contributed by atoms with Gasteiger partial charge in [0, 0.05) is 18.0 Å². The number of hydrogen-bond acceptors (Lipinski definition) is 4. The van der Waals surface area contributed by atoms with Crippen LogP contribution in [0, 0.1) is 13.8 Å². The molecule has 6 heteroatoms. The molecule has 0 spiro atoms. The molecule has 0 atom stereocenters. The quantitative estimate of drug-likeness (QED) is 0.933. The fourth-order valence-corrected chi connectivity index (χ4v) is 4.14. The van der Waals surface area contributed by atoms with Gasteiger partial charge in [-0.3, -0.25) is 14.7 Å². The van der Waals surface area contributed by atoms with Crippen molar-refractivity contribution in [1.29, 1.82) is 0 Å². The third kappa shape index (κ3) is 3.10. The van der Waals surface area contributed by atoms with E-state index >= 15 is 0 Å². The lowest BCUT2D eigenvalue weighted by Gasteiger charge is -2.06. The highest BCUT2D eigenvalue weighted by molar-refractivity contribution is 8.00. The van der Waals surface area contributed by atoms with Gasteiger partial charge in [-0.25, -0.2) is 8.42 Å². The second-order valence-corrected chi connectivity index (χ2v) is 7.50. The van der Waals surface area contributed by atoms with E-state index in [4.69, 9.17) is 0 Å². The molecule has 1 N–H and O–H groups in total. The highest BCUT2D eigenvalue weighted by Gasteiger charge is 2.32. The predicted octanol–water partition coefficient (Wildman–Crippen LogP) is 2.96. The van der Waals surface area contributed by atoms with Gasteiger partial charge in [-0.05, 0) is 49.1 Å². The number of nitrogens with one attached hydrogen (secondary N) is 1. The summed E-state index contributed by atoms with van der Waals surface area (Å²) in [6.07, 6.45) is 3.41. The first-order chi connectivity index (χ1) is 11.4. The van der Waals surface area contributed by atoms with Crippen LogP contribution in [0.25, 0.3) is 4.91 Å². The maximum absolute atomic E-state index is 12.5. The number of rotatable bonds is 3. The standard InChI is InChI=1S/C18H19N3O2S/c1-12-6-7-16(9-13(12)2)17-14(3)18(21-24(17,22)23)20-11-15-5-4-8-19-10-15/h4-10H,11H2,1-3H3,(H,20,21). The number of aliphatic imine (C=N–C) groups is 1. The zero-order valence-electron chi connectivity index (χ0n) is 13.9. The Labute approximate surface area is 142 Å². The summed E-state index contributed by atoms with van der Waals surface area (Å²) in [6, 6.07) is 9.41. The molecule has 1 aliphatic heterocycles. The summed E-state index contributed by atoms with van der Waals surface area (Å²) in [5.41, 5.74) is 4.45. The molecule has 0 bridgehead atoms. The Morgan fingerprint density at radius 3 is 2.58 bits per heavy atom. The highest BCUT2D eigenvalue weighted by Crippen LogP contribution is 2.30. The molecular weight excluding hydrogens is 322 g/mol. The van der Waals surface area contributed by atoms with Crippen LogP contribution in [-0.2, 0) is 16.6 Å². The molecule has 124 valence electrons. The van der Waals surface area contributed by atoms with Crippen LogP contribution in [0.3, 0.4) is 0 Å². The number of aromatic nitrogens is 1. The molecule has 5 nitrogen and oxygen atoms in total. The van der Waals surface area contributed by atoms with Crippen LogP contribution in [0.4, 0.5) is 0 Å². The minimum Gasteiger partial charge on any atom is -0.264 e. The first-order valence-corrected chi connectivity index (χ1v) is 9.12. The summed E-state index contributed by atoms with van der Waals surface area (Å²) in [4.78, 5) is 8.75. The Balaban J connectivity index is 2.00. The van der Waals surface area contributed by atoms with Crippen molar-refractivity contribution < 1.29 is 8.42 Å². The number of pyridine rings is 1. The topological polar surface area (TPSA) is 71.4 Å². The molecular formula is C18H19N3O2S. The van der Waals surface area contributed by atoms with E-state index in [9.17, 15) is 8.42 Å². The minimum atomic E-state index is -3.59. The lowest BCUT2D eigenvalue weighted by Crippen LogP contribution is -2.23. The van der Waals surface area contributed by atoms with E-state index in [-0.39, 0.29) is 0 Å². The van der Waals surface area contributed by atoms with Crippen LogP contribution in [0.2, 0.25) is 0 Å². The molecule has 1 aromatic heterocycles. The summed E-state index contributed by atoms with van der Waals surface area (Å²) in [5.74, 6) is 0.395. The molecule has 0 amide bonds. The van der Waals surface area contributed by atoms with E-state index in [0.717, 1.165) is 16.7 Å². The lowest BCUT2D eigenvalue weighted by molar-refractivity contribution is 0.603. The molecule has 2 heterocycles. The van der Waals surface area contributed by atoms with Gasteiger partial charge in [0.25, 0.3) is 10.0 Å². The van der Waals surface area contributed by atoms with Crippen molar-refractivity contribution in [3.63, 3.8) is 0 Å². The monoisotopic (exact) mass is 341 g/mol. The zero-order chi connectivity index (χ0) is 17.3. The molecule has 1 aromatic carbocycles. The molecule has 0 saturated carbocycles. The lowest BCUT2D eigenvalue weighted by atomic mass is 10.0. The fraction of sp³-hybridized carbons (Fsp3) is 0.222. The normalized spacial score (nSPS) is 18.0. The summed E-state index contributed by atoms with van der Waals surface area (Å²) >= 11 is 0. The van der Waals surface area contributed by atoms with Gasteiger partial charge >= 0.3 is 0 Å². The number of aryl methyl sites for hydroxylation is 2. The Kier molecular flexibility index (Phi) is 4.24. The van der Waals surface area contributed by atoms with Gasteiger partial charge in [0.1, 0.15) is 10.7 Å². The van der Waals surface area contributed by atoms with Gasteiger partial charge in [-0.1, -0.05) is 24.3 Å². The number of amidine groups is 1. The van der Waals surface area contributed by atoms with Crippen molar-refractivity contribution in [3.8, 4) is 0 Å². The van der Waals surface area contributed by atoms with Gasteiger partial charge in [-0.2, -0.15) is 0 Å². The summed E-state index contributed by atoms with van der Waals surface area (Å²) in [7, 11) is -3.59. The van der Waals surface area contributed by atoms with Crippen molar-refractivity contribution in [2.24, 2.45) is 4.99 Å². The Hall–Kier alpha value is -2.47. The maximum atomic E-state index is 12.5. The van der Waals surface area contributed by atoms with Crippen molar-refractivity contribution in [2.45, 2.75) is 27.3 Å². The smallest absolute Gasteiger partial charge is 0.264 e. The van der Waals surface area contributed by atoms with E-state index < -0.39 is 10.0 Å². The van der Waals surface area contributed by atoms with Crippen molar-refractivity contribution in [1.82, 2.24) is 9.71 Å². The van der Waals surface area contributed by atoms with Crippen molar-refractivity contribution in [3.05, 3.63) is 70.6 Å². The van der Waals surface area contributed by atoms with E-state index in [1.165, 1.54) is 0 Å². The van der Waals surface area contributed by atoms with Crippen LogP contribution in [0.1, 0.15) is 29.2 Å². The fourth-order valence-electron chi connectivity index (χ4n) is 2.63. The average Bonchev–Trinajstić information content (AvgIpc) is 2.78. The first kappa shape index (κ1) is 16.4. The number of benzene rings is 1. The van der Waals surface area contributed by atoms with Gasteiger partial charge in [0.15, 0.2) is 0 Å². The van der Waals surface area contributed by atoms with E-state index in [2.05, 4.69) is 14.7 Å². The molecule has 1 aliphatic rings. The molecule has 0 saturated heterocycles. The summed E-state index contributed by atoms with van der Waals surface area (Å²) < 4.78 is 27.6. The number of nitrogens with zero attached hydrogens (tertiary/aromatic N) is 2. The average molecular weight is 341 g/mol. The van der Waals surface area contributed by atoms with E-state index in [1.807, 2.05) is 44.2 Å². The predicted molar refractivity (Wildman–Crippen MR) is 95.9 cm³/mol. The van der Waals surface area contributed by atoms with Crippen LogP contribution in [0.5, 0.6) is 0 Å². The third-order valence-electron chi connectivity index (χ3n) is 4.11. The van der Waals surface area contributed by atoms with Crippen molar-refractivity contribution in [2.75, 3.05) is 0 Å². The Bertz CT molecular complexity index is 945. The Morgan fingerprint density at radius 2 is 1.92 bits per heavy atom. The first-order valence-electron chi connectivity index (χ1n) is 7.63.